The number of rotatable bonds is 11. The average molecular weight is 521 g/mol. The van der Waals surface area contributed by atoms with Gasteiger partial charge in [-0.25, -0.2) is 5.43 Å². The third-order valence-electron chi connectivity index (χ3n) is 5.79. The Morgan fingerprint density at radius 2 is 1.79 bits per heavy atom. The minimum Gasteiger partial charge on any atom is -0.483 e. The maximum Gasteiger partial charge on any atom is 0.269 e. The van der Waals surface area contributed by atoms with Crippen LogP contribution >= 0.6 is 0 Å². The second kappa shape index (κ2) is 12.7. The van der Waals surface area contributed by atoms with Crippen molar-refractivity contribution in [2.24, 2.45) is 11.0 Å². The highest BCUT2D eigenvalue weighted by Gasteiger charge is 2.22. The molecule has 0 saturated carbocycles. The molecule has 10 nitrogen and oxygen atoms in total. The van der Waals surface area contributed by atoms with Crippen LogP contribution in [0.3, 0.4) is 0 Å². The van der Waals surface area contributed by atoms with Gasteiger partial charge in [0.15, 0.2) is 6.61 Å². The number of carbonyl (C=O) groups is 2. The van der Waals surface area contributed by atoms with E-state index in [1.54, 1.807) is 25.1 Å². The number of hydrazone groups is 1. The molecule has 0 radical (unpaired) electrons. The van der Waals surface area contributed by atoms with Gasteiger partial charge in [0, 0.05) is 17.7 Å². The van der Waals surface area contributed by atoms with Crippen molar-refractivity contribution in [3.8, 4) is 17.1 Å². The molecular formula is C28H32N4O6. The summed E-state index contributed by atoms with van der Waals surface area (Å²) in [4.78, 5) is 35.8. The van der Waals surface area contributed by atoms with Crippen molar-refractivity contribution < 1.29 is 23.7 Å². The highest BCUT2D eigenvalue weighted by Crippen LogP contribution is 2.28. The Hall–Kier alpha value is -4.47. The number of benzene rings is 2. The van der Waals surface area contributed by atoms with E-state index in [2.05, 4.69) is 15.8 Å². The van der Waals surface area contributed by atoms with Gasteiger partial charge in [-0.15, -0.1) is 0 Å². The van der Waals surface area contributed by atoms with E-state index in [9.17, 15) is 19.7 Å². The first-order chi connectivity index (χ1) is 18.0. The number of hydrogen-bond donors (Lipinski definition) is 2. The van der Waals surface area contributed by atoms with Crippen LogP contribution in [-0.2, 0) is 9.59 Å². The van der Waals surface area contributed by atoms with Gasteiger partial charge >= 0.3 is 0 Å². The number of nitro groups is 1. The molecule has 0 aliphatic rings. The Kier molecular flexibility index (Phi) is 9.37. The molecule has 3 aromatic rings. The van der Waals surface area contributed by atoms with Crippen molar-refractivity contribution in [2.75, 3.05) is 6.61 Å². The summed E-state index contributed by atoms with van der Waals surface area (Å²) in [5, 5.41) is 17.7. The van der Waals surface area contributed by atoms with Crippen molar-refractivity contribution >= 4 is 23.7 Å². The highest BCUT2D eigenvalue weighted by atomic mass is 16.6. The number of nitrogens with zero attached hydrogens (tertiary/aromatic N) is 2. The first-order valence-electron chi connectivity index (χ1n) is 12.2. The number of aryl methyl sites for hydroxylation is 3. The van der Waals surface area contributed by atoms with Gasteiger partial charge < -0.3 is 14.5 Å². The lowest BCUT2D eigenvalue weighted by atomic mass is 10.0. The number of nitro benzene ring substituents is 1. The molecule has 0 unspecified atom stereocenters. The van der Waals surface area contributed by atoms with Crippen molar-refractivity contribution in [1.29, 1.82) is 0 Å². The van der Waals surface area contributed by atoms with E-state index in [0.717, 1.165) is 11.1 Å². The highest BCUT2D eigenvalue weighted by molar-refractivity contribution is 5.89. The summed E-state index contributed by atoms with van der Waals surface area (Å²) in [6.07, 6.45) is 1.77. The Balaban J connectivity index is 1.60. The predicted molar refractivity (Wildman–Crippen MR) is 144 cm³/mol. The van der Waals surface area contributed by atoms with Gasteiger partial charge in [0.25, 0.3) is 17.5 Å². The first kappa shape index (κ1) is 28.1. The molecule has 0 fully saturated rings. The predicted octanol–water partition coefficient (Wildman–Crippen LogP) is 4.84. The van der Waals surface area contributed by atoms with Crippen molar-refractivity contribution in [1.82, 2.24) is 10.7 Å². The zero-order valence-corrected chi connectivity index (χ0v) is 22.1. The zero-order valence-electron chi connectivity index (χ0n) is 22.1. The Bertz CT molecular complexity index is 1320. The van der Waals surface area contributed by atoms with Gasteiger partial charge in [0.1, 0.15) is 23.3 Å². The van der Waals surface area contributed by atoms with Crippen LogP contribution in [0.5, 0.6) is 5.75 Å². The molecule has 2 aromatic carbocycles. The van der Waals surface area contributed by atoms with Gasteiger partial charge in [0.2, 0.25) is 0 Å². The molecular weight excluding hydrogens is 488 g/mol. The Labute approximate surface area is 221 Å². The fourth-order valence-electron chi connectivity index (χ4n) is 3.95. The number of carbonyl (C=O) groups excluding carboxylic acids is 2. The van der Waals surface area contributed by atoms with Crippen LogP contribution in [-0.4, -0.2) is 35.6 Å². The lowest BCUT2D eigenvalue weighted by molar-refractivity contribution is -0.384. The van der Waals surface area contributed by atoms with E-state index in [1.165, 1.54) is 18.3 Å². The number of ether oxygens (including phenoxy) is 1. The molecule has 3 rings (SSSR count). The maximum atomic E-state index is 12.8. The Morgan fingerprint density at radius 3 is 2.42 bits per heavy atom. The summed E-state index contributed by atoms with van der Waals surface area (Å²) in [5.41, 5.74) is 5.71. The van der Waals surface area contributed by atoms with E-state index in [4.69, 9.17) is 9.15 Å². The lowest BCUT2D eigenvalue weighted by Crippen LogP contribution is -2.47. The second-order valence-corrected chi connectivity index (χ2v) is 9.45. The second-order valence-electron chi connectivity index (χ2n) is 9.45. The van der Waals surface area contributed by atoms with Gasteiger partial charge in [-0.2, -0.15) is 5.10 Å². The summed E-state index contributed by atoms with van der Waals surface area (Å²) < 4.78 is 11.5. The minimum absolute atomic E-state index is 0.00204. The van der Waals surface area contributed by atoms with Crippen LogP contribution < -0.4 is 15.5 Å². The van der Waals surface area contributed by atoms with Crippen LogP contribution in [0.15, 0.2) is 58.0 Å². The quantitative estimate of drug-likeness (QED) is 0.211. The number of non-ortho nitro benzene ring substituents is 1. The van der Waals surface area contributed by atoms with E-state index in [0.29, 0.717) is 34.8 Å². The first-order valence-corrected chi connectivity index (χ1v) is 12.2. The number of amides is 2. The molecule has 200 valence electrons. The van der Waals surface area contributed by atoms with Gasteiger partial charge in [-0.3, -0.25) is 19.7 Å². The molecule has 0 aliphatic carbocycles. The van der Waals surface area contributed by atoms with Crippen LogP contribution in [0.1, 0.15) is 42.7 Å². The molecule has 1 atom stereocenters. The summed E-state index contributed by atoms with van der Waals surface area (Å²) in [6, 6.07) is 12.8. The fraction of sp³-hybridized carbons (Fsp3) is 0.321. The van der Waals surface area contributed by atoms with Crippen LogP contribution in [0.2, 0.25) is 0 Å². The van der Waals surface area contributed by atoms with E-state index < -0.39 is 22.8 Å². The number of nitrogens with one attached hydrogen (secondary N) is 2. The molecule has 1 heterocycles. The van der Waals surface area contributed by atoms with Crippen molar-refractivity contribution in [3.05, 3.63) is 81.1 Å². The number of para-hydroxylation sites is 1. The standard InChI is InChI=1S/C28H32N4O6/c1-17(2)13-24(30-26(33)16-37-27-18(3)7-6-8-19(27)4)28(34)31-29-15-22-10-12-25(38-22)23-11-9-21(32(35)36)14-20(23)5/h6-12,14-15,17,24H,13,16H2,1-5H3,(H,30,33)(H,31,34)/b29-15-/t24-/m0/s1. The topological polar surface area (TPSA) is 136 Å². The van der Waals surface area contributed by atoms with Crippen molar-refractivity contribution in [2.45, 2.75) is 47.1 Å². The average Bonchev–Trinajstić information content (AvgIpc) is 3.31. The van der Waals surface area contributed by atoms with E-state index in [-0.39, 0.29) is 18.2 Å². The summed E-state index contributed by atoms with van der Waals surface area (Å²) in [7, 11) is 0. The Morgan fingerprint density at radius 1 is 1.08 bits per heavy atom. The number of hydrogen-bond acceptors (Lipinski definition) is 7. The third kappa shape index (κ3) is 7.52. The molecule has 0 spiro atoms. The molecule has 0 aliphatic heterocycles. The van der Waals surface area contributed by atoms with Gasteiger partial charge in [0.05, 0.1) is 11.1 Å². The fourth-order valence-corrected chi connectivity index (χ4v) is 3.95. The van der Waals surface area contributed by atoms with E-state index >= 15 is 0 Å². The molecule has 2 N–H and O–H groups in total. The monoisotopic (exact) mass is 520 g/mol. The molecule has 0 bridgehead atoms. The normalized spacial score (nSPS) is 11.9. The summed E-state index contributed by atoms with van der Waals surface area (Å²) in [5.74, 6) is 0.814. The van der Waals surface area contributed by atoms with Gasteiger partial charge in [-0.1, -0.05) is 32.0 Å². The van der Waals surface area contributed by atoms with E-state index in [1.807, 2.05) is 45.9 Å². The summed E-state index contributed by atoms with van der Waals surface area (Å²) in [6.45, 7) is 9.26. The summed E-state index contributed by atoms with van der Waals surface area (Å²) >= 11 is 0. The molecule has 0 saturated heterocycles. The lowest BCUT2D eigenvalue weighted by Gasteiger charge is -2.19. The zero-order chi connectivity index (χ0) is 27.8. The van der Waals surface area contributed by atoms with Crippen LogP contribution in [0, 0.1) is 36.8 Å². The molecule has 10 heteroatoms. The minimum atomic E-state index is -0.795. The molecule has 2 amide bonds. The van der Waals surface area contributed by atoms with Crippen LogP contribution in [0.4, 0.5) is 5.69 Å². The SMILES string of the molecule is Cc1cc([N+](=O)[O-])ccc1-c1ccc(/C=N\NC(=O)[C@H](CC(C)C)NC(=O)COc2c(C)cccc2C)o1. The van der Waals surface area contributed by atoms with Crippen LogP contribution in [0.25, 0.3) is 11.3 Å². The maximum absolute atomic E-state index is 12.8. The molecule has 38 heavy (non-hydrogen) atoms. The largest absolute Gasteiger partial charge is 0.483 e. The smallest absolute Gasteiger partial charge is 0.269 e. The third-order valence-corrected chi connectivity index (χ3v) is 5.79. The van der Waals surface area contributed by atoms with Gasteiger partial charge in [-0.05, 0) is 68.0 Å². The molecule has 1 aromatic heterocycles. The van der Waals surface area contributed by atoms with Crippen molar-refractivity contribution in [3.63, 3.8) is 0 Å². The number of furan rings is 1.